The number of alkyl halides is 3. The van der Waals surface area contributed by atoms with Crippen LogP contribution < -0.4 is 15.4 Å². The molecule has 2 N–H and O–H groups in total. The van der Waals surface area contributed by atoms with Crippen molar-refractivity contribution in [3.8, 4) is 5.75 Å². The number of carbonyl (C=O) groups is 1. The first kappa shape index (κ1) is 17.2. The summed E-state index contributed by atoms with van der Waals surface area (Å²) in [5.41, 5.74) is 1.76. The van der Waals surface area contributed by atoms with E-state index in [4.69, 9.17) is 0 Å². The van der Waals surface area contributed by atoms with Crippen molar-refractivity contribution >= 4 is 11.7 Å². The second-order valence-electron chi connectivity index (χ2n) is 5.31. The minimum atomic E-state index is -4.72. The molecule has 7 heteroatoms. The van der Waals surface area contributed by atoms with Gasteiger partial charge in [0, 0.05) is 12.2 Å². The number of rotatable bonds is 5. The average Bonchev–Trinajstić information content (AvgIpc) is 2.49. The minimum absolute atomic E-state index is 0.326. The van der Waals surface area contributed by atoms with Crippen molar-refractivity contribution in [3.63, 3.8) is 0 Å². The van der Waals surface area contributed by atoms with Crippen molar-refractivity contribution in [2.75, 3.05) is 11.9 Å². The number of amides is 2. The van der Waals surface area contributed by atoms with Gasteiger partial charge in [-0.3, -0.25) is 0 Å². The Morgan fingerprint density at radius 1 is 1.17 bits per heavy atom. The number of benzene rings is 1. The van der Waals surface area contributed by atoms with E-state index in [9.17, 15) is 18.0 Å². The van der Waals surface area contributed by atoms with Gasteiger partial charge in [0.2, 0.25) is 0 Å². The van der Waals surface area contributed by atoms with Gasteiger partial charge in [-0.25, -0.2) is 4.79 Å². The SMILES string of the molecule is O=C(NCCC1=CCCCC1)Nc1ccc(OC(F)(F)F)cc1. The average molecular weight is 328 g/mol. The van der Waals surface area contributed by atoms with Crippen LogP contribution in [0.2, 0.25) is 0 Å². The number of halogens is 3. The fraction of sp³-hybridized carbons (Fsp3) is 0.438. The topological polar surface area (TPSA) is 50.4 Å². The number of urea groups is 1. The first-order valence-corrected chi connectivity index (χ1v) is 7.51. The molecular weight excluding hydrogens is 309 g/mol. The first-order chi connectivity index (χ1) is 10.9. The summed E-state index contributed by atoms with van der Waals surface area (Å²) in [7, 11) is 0. The van der Waals surface area contributed by atoms with E-state index in [1.807, 2.05) is 0 Å². The Morgan fingerprint density at radius 2 is 1.91 bits per heavy atom. The molecule has 0 aliphatic heterocycles. The maximum atomic E-state index is 12.0. The van der Waals surface area contributed by atoms with Crippen molar-refractivity contribution in [2.24, 2.45) is 0 Å². The summed E-state index contributed by atoms with van der Waals surface area (Å²) in [6.07, 6.45) is 2.95. The Morgan fingerprint density at radius 3 is 2.52 bits per heavy atom. The largest absolute Gasteiger partial charge is 0.573 e. The molecule has 0 bridgehead atoms. The lowest BCUT2D eigenvalue weighted by Gasteiger charge is -2.13. The molecule has 0 fully saturated rings. The first-order valence-electron chi connectivity index (χ1n) is 7.51. The number of anilines is 1. The maximum Gasteiger partial charge on any atom is 0.573 e. The van der Waals surface area contributed by atoms with E-state index < -0.39 is 6.36 Å². The summed E-state index contributed by atoms with van der Waals surface area (Å²) in [6, 6.07) is 4.62. The summed E-state index contributed by atoms with van der Waals surface area (Å²) < 4.78 is 39.9. The monoisotopic (exact) mass is 328 g/mol. The van der Waals surface area contributed by atoms with E-state index in [0.717, 1.165) is 31.4 Å². The fourth-order valence-electron chi connectivity index (χ4n) is 2.38. The molecule has 2 rings (SSSR count). The highest BCUT2D eigenvalue weighted by molar-refractivity contribution is 5.89. The van der Waals surface area contributed by atoms with Gasteiger partial charge in [0.15, 0.2) is 0 Å². The van der Waals surface area contributed by atoms with E-state index in [0.29, 0.717) is 12.2 Å². The van der Waals surface area contributed by atoms with Crippen molar-refractivity contribution < 1.29 is 22.7 Å². The second kappa shape index (κ2) is 7.89. The third kappa shape index (κ3) is 6.63. The van der Waals surface area contributed by atoms with Gasteiger partial charge in [0.25, 0.3) is 0 Å². The molecule has 126 valence electrons. The zero-order valence-electron chi connectivity index (χ0n) is 12.6. The normalized spacial score (nSPS) is 14.8. The summed E-state index contributed by atoms with van der Waals surface area (Å²) in [5.74, 6) is -0.326. The number of hydrogen-bond acceptors (Lipinski definition) is 2. The molecule has 0 saturated carbocycles. The molecule has 1 aromatic carbocycles. The number of carbonyl (C=O) groups excluding carboxylic acids is 1. The number of allylic oxidation sites excluding steroid dienone is 1. The van der Waals surface area contributed by atoms with Crippen LogP contribution in [0.1, 0.15) is 32.1 Å². The molecule has 0 radical (unpaired) electrons. The third-order valence-corrected chi connectivity index (χ3v) is 3.46. The van der Waals surface area contributed by atoms with E-state index in [-0.39, 0.29) is 11.8 Å². The smallest absolute Gasteiger partial charge is 0.406 e. The number of hydrogen-bond donors (Lipinski definition) is 2. The lowest BCUT2D eigenvalue weighted by Crippen LogP contribution is -2.29. The van der Waals surface area contributed by atoms with E-state index >= 15 is 0 Å². The number of ether oxygens (including phenoxy) is 1. The predicted molar refractivity (Wildman–Crippen MR) is 81.3 cm³/mol. The van der Waals surface area contributed by atoms with Gasteiger partial charge in [-0.15, -0.1) is 13.2 Å². The summed E-state index contributed by atoms with van der Waals surface area (Å²) in [4.78, 5) is 11.7. The lowest BCUT2D eigenvalue weighted by atomic mass is 9.97. The molecule has 0 atom stereocenters. The molecule has 2 amide bonds. The van der Waals surface area contributed by atoms with Crippen LogP contribution in [0.3, 0.4) is 0 Å². The Bertz CT molecular complexity index is 553. The quantitative estimate of drug-likeness (QED) is 0.776. The Balaban J connectivity index is 1.73. The van der Waals surface area contributed by atoms with Crippen LogP contribution in [0.4, 0.5) is 23.7 Å². The van der Waals surface area contributed by atoms with Gasteiger partial charge in [0.05, 0.1) is 0 Å². The molecule has 23 heavy (non-hydrogen) atoms. The van der Waals surface area contributed by atoms with Gasteiger partial charge in [-0.1, -0.05) is 11.6 Å². The van der Waals surface area contributed by atoms with Crippen LogP contribution in [-0.2, 0) is 0 Å². The highest BCUT2D eigenvalue weighted by atomic mass is 19.4. The van der Waals surface area contributed by atoms with Gasteiger partial charge >= 0.3 is 12.4 Å². The Labute approximate surface area is 132 Å². The van der Waals surface area contributed by atoms with Crippen LogP contribution in [0, 0.1) is 0 Å². The van der Waals surface area contributed by atoms with Crippen molar-refractivity contribution in [2.45, 2.75) is 38.5 Å². The standard InChI is InChI=1S/C16H19F3N2O2/c17-16(18,19)23-14-8-6-13(7-9-14)21-15(22)20-11-10-12-4-2-1-3-5-12/h4,6-9H,1-3,5,10-11H2,(H2,20,21,22). The molecule has 0 aromatic heterocycles. The van der Waals surface area contributed by atoms with Gasteiger partial charge in [-0.2, -0.15) is 0 Å². The van der Waals surface area contributed by atoms with E-state index in [2.05, 4.69) is 21.4 Å². The van der Waals surface area contributed by atoms with Crippen LogP contribution in [0.15, 0.2) is 35.9 Å². The van der Waals surface area contributed by atoms with Crippen LogP contribution in [0.25, 0.3) is 0 Å². The Kier molecular flexibility index (Phi) is 5.90. The Hall–Kier alpha value is -2.18. The number of nitrogens with one attached hydrogen (secondary N) is 2. The van der Waals surface area contributed by atoms with Crippen molar-refractivity contribution in [1.29, 1.82) is 0 Å². The highest BCUT2D eigenvalue weighted by Crippen LogP contribution is 2.24. The maximum absolute atomic E-state index is 12.0. The highest BCUT2D eigenvalue weighted by Gasteiger charge is 2.30. The van der Waals surface area contributed by atoms with E-state index in [1.54, 1.807) is 0 Å². The second-order valence-corrected chi connectivity index (χ2v) is 5.31. The van der Waals surface area contributed by atoms with Crippen molar-refractivity contribution in [1.82, 2.24) is 5.32 Å². The summed E-state index contributed by atoms with van der Waals surface area (Å²) >= 11 is 0. The summed E-state index contributed by atoms with van der Waals surface area (Å²) in [5, 5.41) is 5.29. The minimum Gasteiger partial charge on any atom is -0.406 e. The molecule has 1 aliphatic carbocycles. The van der Waals surface area contributed by atoms with Gasteiger partial charge < -0.3 is 15.4 Å². The molecule has 0 heterocycles. The van der Waals surface area contributed by atoms with Gasteiger partial charge in [-0.05, 0) is 56.4 Å². The zero-order chi connectivity index (χ0) is 16.7. The van der Waals surface area contributed by atoms with Crippen LogP contribution in [0.5, 0.6) is 5.75 Å². The molecule has 0 spiro atoms. The predicted octanol–water partition coefficient (Wildman–Crippen LogP) is 4.60. The van der Waals surface area contributed by atoms with Crippen molar-refractivity contribution in [3.05, 3.63) is 35.9 Å². The molecule has 0 saturated heterocycles. The fourth-order valence-corrected chi connectivity index (χ4v) is 2.38. The molecule has 4 nitrogen and oxygen atoms in total. The third-order valence-electron chi connectivity index (χ3n) is 3.46. The lowest BCUT2D eigenvalue weighted by molar-refractivity contribution is -0.274. The summed E-state index contributed by atoms with van der Waals surface area (Å²) in [6.45, 7) is 0.535. The molecular formula is C16H19F3N2O2. The molecule has 0 unspecified atom stereocenters. The molecule has 1 aliphatic rings. The van der Waals surface area contributed by atoms with E-state index in [1.165, 1.54) is 30.5 Å². The molecule has 1 aromatic rings. The van der Waals surface area contributed by atoms with Gasteiger partial charge in [0.1, 0.15) is 5.75 Å². The zero-order valence-corrected chi connectivity index (χ0v) is 12.6. The van der Waals surface area contributed by atoms with Crippen LogP contribution in [-0.4, -0.2) is 18.9 Å². The van der Waals surface area contributed by atoms with Crippen LogP contribution >= 0.6 is 0 Å².